The van der Waals surface area contributed by atoms with E-state index in [2.05, 4.69) is 4.98 Å². The number of rotatable bonds is 2. The Labute approximate surface area is 94.6 Å². The molecule has 0 spiro atoms. The molecule has 0 saturated heterocycles. The van der Waals surface area contributed by atoms with Crippen molar-refractivity contribution < 1.29 is 0 Å². The van der Waals surface area contributed by atoms with Crippen LogP contribution in [0.15, 0.2) is 28.0 Å². The lowest BCUT2D eigenvalue weighted by Gasteiger charge is -2.03. The van der Waals surface area contributed by atoms with Crippen molar-refractivity contribution in [3.05, 3.63) is 44.2 Å². The lowest BCUT2D eigenvalue weighted by atomic mass is 10.5. The van der Waals surface area contributed by atoms with Gasteiger partial charge in [-0.05, 0) is 0 Å². The Morgan fingerprint density at radius 1 is 1.50 bits per heavy atom. The molecule has 2 aromatic rings. The van der Waals surface area contributed by atoms with Crippen LogP contribution in [0.4, 0.5) is 5.13 Å². The molecule has 0 aromatic carbocycles. The molecule has 6 nitrogen and oxygen atoms in total. The van der Waals surface area contributed by atoms with E-state index in [0.717, 1.165) is 9.44 Å². The van der Waals surface area contributed by atoms with Crippen molar-refractivity contribution in [1.82, 2.24) is 14.1 Å². The fraction of sp³-hybridized carbons (Fsp3) is 0.222. The summed E-state index contributed by atoms with van der Waals surface area (Å²) in [5, 5.41) is 0.427. The first-order valence-electron chi connectivity index (χ1n) is 4.54. The van der Waals surface area contributed by atoms with Gasteiger partial charge in [0.15, 0.2) is 5.13 Å². The van der Waals surface area contributed by atoms with Gasteiger partial charge in [-0.25, -0.2) is 9.78 Å². The molecule has 84 valence electrons. The Balaban J connectivity index is 2.46. The minimum absolute atomic E-state index is 0.210. The van der Waals surface area contributed by atoms with Crippen LogP contribution in [0.3, 0.4) is 0 Å². The average molecular weight is 238 g/mol. The molecule has 0 atom stereocenters. The Morgan fingerprint density at radius 3 is 2.88 bits per heavy atom. The van der Waals surface area contributed by atoms with E-state index in [-0.39, 0.29) is 17.8 Å². The van der Waals surface area contributed by atoms with Crippen LogP contribution < -0.4 is 17.0 Å². The number of nitrogens with two attached hydrogens (primary N) is 1. The van der Waals surface area contributed by atoms with Crippen LogP contribution in [0.2, 0.25) is 0 Å². The number of aromatic nitrogens is 3. The minimum Gasteiger partial charge on any atom is -0.375 e. The maximum atomic E-state index is 11.7. The van der Waals surface area contributed by atoms with E-state index in [1.54, 1.807) is 13.2 Å². The van der Waals surface area contributed by atoms with Crippen LogP contribution in [0.5, 0.6) is 0 Å². The number of nitrogens with zero attached hydrogens (tertiary/aromatic N) is 3. The van der Waals surface area contributed by atoms with Crippen LogP contribution >= 0.6 is 11.3 Å². The summed E-state index contributed by atoms with van der Waals surface area (Å²) >= 11 is 1.26. The number of nitrogen functional groups attached to an aromatic ring is 1. The lowest BCUT2D eigenvalue weighted by Crippen LogP contribution is -2.37. The summed E-state index contributed by atoms with van der Waals surface area (Å²) in [5.41, 5.74) is 4.80. The molecule has 16 heavy (non-hydrogen) atoms. The Kier molecular flexibility index (Phi) is 2.61. The number of hydrogen-bond donors (Lipinski definition) is 1. The van der Waals surface area contributed by atoms with Crippen LogP contribution in [0.25, 0.3) is 0 Å². The summed E-state index contributed by atoms with van der Waals surface area (Å²) in [6.07, 6.45) is 3.01. The van der Waals surface area contributed by atoms with Gasteiger partial charge < -0.3 is 10.3 Å². The maximum absolute atomic E-state index is 11.7. The fourth-order valence-corrected chi connectivity index (χ4v) is 1.98. The first-order valence-corrected chi connectivity index (χ1v) is 5.36. The van der Waals surface area contributed by atoms with Crippen molar-refractivity contribution in [3.8, 4) is 0 Å². The highest BCUT2D eigenvalue weighted by atomic mass is 32.1. The van der Waals surface area contributed by atoms with Crippen molar-refractivity contribution in [1.29, 1.82) is 0 Å². The van der Waals surface area contributed by atoms with Crippen molar-refractivity contribution in [2.45, 2.75) is 6.54 Å². The van der Waals surface area contributed by atoms with Crippen LogP contribution in [0, 0.1) is 0 Å². The topological polar surface area (TPSA) is 82.9 Å². The molecule has 2 rings (SSSR count). The van der Waals surface area contributed by atoms with E-state index in [1.807, 2.05) is 0 Å². The van der Waals surface area contributed by atoms with Gasteiger partial charge in [-0.1, -0.05) is 0 Å². The SMILES string of the molecule is Cn1ccc(=O)n(Cc2cnc(N)s2)c1=O. The molecule has 0 bridgehead atoms. The predicted octanol–water partition coefficient (Wildman–Crippen LogP) is -0.366. The second-order valence-corrected chi connectivity index (χ2v) is 4.45. The zero-order valence-corrected chi connectivity index (χ0v) is 9.40. The second-order valence-electron chi connectivity index (χ2n) is 3.30. The standard InChI is InChI=1S/C9H10N4O2S/c1-12-3-2-7(14)13(9(12)15)5-6-4-11-8(10)16-6/h2-4H,5H2,1H3,(H2,10,11). The molecule has 2 N–H and O–H groups in total. The molecular formula is C9H10N4O2S. The first-order chi connectivity index (χ1) is 7.58. The van der Waals surface area contributed by atoms with Gasteiger partial charge >= 0.3 is 5.69 Å². The quantitative estimate of drug-likeness (QED) is 0.774. The molecule has 0 aliphatic carbocycles. The largest absolute Gasteiger partial charge is 0.375 e. The summed E-state index contributed by atoms with van der Waals surface area (Å²) in [7, 11) is 1.60. The molecule has 0 radical (unpaired) electrons. The van der Waals surface area contributed by atoms with E-state index >= 15 is 0 Å². The summed E-state index contributed by atoms with van der Waals surface area (Å²) in [5.74, 6) is 0. The van der Waals surface area contributed by atoms with Gasteiger partial charge in [-0.2, -0.15) is 0 Å². The number of aryl methyl sites for hydroxylation is 1. The zero-order chi connectivity index (χ0) is 11.7. The summed E-state index contributed by atoms with van der Waals surface area (Å²) in [6.45, 7) is 0.210. The maximum Gasteiger partial charge on any atom is 0.331 e. The molecule has 7 heteroatoms. The Morgan fingerprint density at radius 2 is 2.25 bits per heavy atom. The van der Waals surface area contributed by atoms with Crippen molar-refractivity contribution in [2.24, 2.45) is 7.05 Å². The van der Waals surface area contributed by atoms with Gasteiger partial charge in [0, 0.05) is 30.4 Å². The molecule has 0 aliphatic rings. The molecular weight excluding hydrogens is 228 g/mol. The van der Waals surface area contributed by atoms with Gasteiger partial charge in [0.1, 0.15) is 0 Å². The average Bonchev–Trinajstić information content (AvgIpc) is 2.65. The fourth-order valence-electron chi connectivity index (χ4n) is 1.31. The third kappa shape index (κ3) is 1.89. The van der Waals surface area contributed by atoms with E-state index < -0.39 is 0 Å². The van der Waals surface area contributed by atoms with Gasteiger partial charge in [0.05, 0.1) is 6.54 Å². The Hall–Kier alpha value is -1.89. The molecule has 0 saturated carbocycles. The van der Waals surface area contributed by atoms with Gasteiger partial charge in [-0.3, -0.25) is 9.36 Å². The molecule has 0 fully saturated rings. The highest BCUT2D eigenvalue weighted by molar-refractivity contribution is 7.15. The Bertz CT molecular complexity index is 625. The van der Waals surface area contributed by atoms with Crippen molar-refractivity contribution in [2.75, 3.05) is 5.73 Å². The lowest BCUT2D eigenvalue weighted by molar-refractivity contribution is 0.644. The smallest absolute Gasteiger partial charge is 0.331 e. The van der Waals surface area contributed by atoms with E-state index in [9.17, 15) is 9.59 Å². The molecule has 2 heterocycles. The monoisotopic (exact) mass is 238 g/mol. The highest BCUT2D eigenvalue weighted by Gasteiger charge is 2.05. The molecule has 2 aromatic heterocycles. The van der Waals surface area contributed by atoms with Crippen molar-refractivity contribution >= 4 is 16.5 Å². The van der Waals surface area contributed by atoms with Crippen LogP contribution in [-0.2, 0) is 13.6 Å². The molecule has 0 aliphatic heterocycles. The predicted molar refractivity (Wildman–Crippen MR) is 61.6 cm³/mol. The normalized spacial score (nSPS) is 10.6. The van der Waals surface area contributed by atoms with Gasteiger partial charge in [0.2, 0.25) is 0 Å². The molecule has 0 amide bonds. The summed E-state index contributed by atoms with van der Waals surface area (Å²) in [6, 6.07) is 1.35. The number of thiazole rings is 1. The first kappa shape index (κ1) is 10.6. The van der Waals surface area contributed by atoms with Crippen molar-refractivity contribution in [3.63, 3.8) is 0 Å². The van der Waals surface area contributed by atoms with E-state index in [1.165, 1.54) is 28.2 Å². The summed E-state index contributed by atoms with van der Waals surface area (Å²) < 4.78 is 2.50. The second kappa shape index (κ2) is 3.93. The zero-order valence-electron chi connectivity index (χ0n) is 8.58. The van der Waals surface area contributed by atoms with Crippen LogP contribution in [-0.4, -0.2) is 14.1 Å². The van der Waals surface area contributed by atoms with Crippen LogP contribution in [0.1, 0.15) is 4.88 Å². The van der Waals surface area contributed by atoms with Gasteiger partial charge in [-0.15, -0.1) is 11.3 Å². The van der Waals surface area contributed by atoms with E-state index in [0.29, 0.717) is 5.13 Å². The highest BCUT2D eigenvalue weighted by Crippen LogP contribution is 2.14. The van der Waals surface area contributed by atoms with Gasteiger partial charge in [0.25, 0.3) is 5.56 Å². The third-order valence-electron chi connectivity index (χ3n) is 2.12. The van der Waals surface area contributed by atoms with E-state index in [4.69, 9.17) is 5.73 Å². The molecule has 0 unspecified atom stereocenters. The third-order valence-corrected chi connectivity index (χ3v) is 2.94. The summed E-state index contributed by atoms with van der Waals surface area (Å²) in [4.78, 5) is 27.8. The number of anilines is 1. The minimum atomic E-state index is -0.348. The number of hydrogen-bond acceptors (Lipinski definition) is 5.